The Morgan fingerprint density at radius 1 is 0.956 bits per heavy atom. The third-order valence-corrected chi connectivity index (χ3v) is 9.80. The van der Waals surface area contributed by atoms with Gasteiger partial charge in [0, 0.05) is 43.1 Å². The van der Waals surface area contributed by atoms with Gasteiger partial charge in [-0.05, 0) is 48.6 Å². The van der Waals surface area contributed by atoms with Crippen molar-refractivity contribution in [2.24, 2.45) is 0 Å². The number of rotatable bonds is 13. The van der Waals surface area contributed by atoms with Crippen LogP contribution in [-0.2, 0) is 32.6 Å². The summed E-state index contributed by atoms with van der Waals surface area (Å²) >= 11 is 6.54. The maximum Gasteiger partial charge on any atom is 0.243 e. The lowest BCUT2D eigenvalue weighted by Gasteiger charge is -2.33. The van der Waals surface area contributed by atoms with E-state index in [1.165, 1.54) is 4.31 Å². The van der Waals surface area contributed by atoms with Crippen LogP contribution in [0.4, 0.5) is 5.69 Å². The quantitative estimate of drug-likeness (QED) is 0.267. The minimum Gasteiger partial charge on any atom is -0.486 e. The molecule has 0 radical (unpaired) electrons. The van der Waals surface area contributed by atoms with Crippen LogP contribution in [0, 0.1) is 0 Å². The Kier molecular flexibility index (Phi) is 10.9. The molecule has 11 heteroatoms. The minimum atomic E-state index is -3.67. The number of ether oxygens (including phenoxy) is 2. The molecule has 1 unspecified atom stereocenters. The molecular weight excluding hydrogens is 614 g/mol. The van der Waals surface area contributed by atoms with Crippen molar-refractivity contribution in [3.8, 4) is 11.5 Å². The largest absolute Gasteiger partial charge is 0.486 e. The molecule has 0 saturated heterocycles. The van der Waals surface area contributed by atoms with Gasteiger partial charge in [-0.1, -0.05) is 73.0 Å². The predicted octanol–water partition coefficient (Wildman–Crippen LogP) is 5.36. The number of amides is 2. The second kappa shape index (κ2) is 15.0. The Morgan fingerprint density at radius 2 is 1.64 bits per heavy atom. The third kappa shape index (κ3) is 8.70. The third-order valence-electron chi connectivity index (χ3n) is 8.24. The van der Waals surface area contributed by atoms with Crippen LogP contribution in [0.25, 0.3) is 0 Å². The highest BCUT2D eigenvalue weighted by atomic mass is 35.5. The van der Waals surface area contributed by atoms with Crippen molar-refractivity contribution in [2.45, 2.75) is 63.6 Å². The van der Waals surface area contributed by atoms with Crippen LogP contribution >= 0.6 is 11.6 Å². The van der Waals surface area contributed by atoms with Gasteiger partial charge in [0.05, 0.1) is 11.9 Å². The van der Waals surface area contributed by atoms with Crippen LogP contribution in [0.2, 0.25) is 5.02 Å². The molecule has 2 amide bonds. The number of nitrogens with zero attached hydrogens (tertiary/aromatic N) is 2. The number of hydrogen-bond acceptors (Lipinski definition) is 6. The van der Waals surface area contributed by atoms with E-state index < -0.39 is 16.1 Å². The van der Waals surface area contributed by atoms with Crippen LogP contribution < -0.4 is 19.1 Å². The summed E-state index contributed by atoms with van der Waals surface area (Å²) in [4.78, 5) is 29.6. The molecule has 0 aromatic heterocycles. The molecule has 1 fully saturated rings. The van der Waals surface area contributed by atoms with E-state index >= 15 is 0 Å². The number of hydrogen-bond donors (Lipinski definition) is 1. The lowest BCUT2D eigenvalue weighted by molar-refractivity contribution is -0.141. The molecule has 9 nitrogen and oxygen atoms in total. The molecule has 45 heavy (non-hydrogen) atoms. The summed E-state index contributed by atoms with van der Waals surface area (Å²) in [6, 6.07) is 21.3. The van der Waals surface area contributed by atoms with Gasteiger partial charge in [0.25, 0.3) is 0 Å². The fourth-order valence-corrected chi connectivity index (χ4v) is 7.08. The van der Waals surface area contributed by atoms with Crippen molar-refractivity contribution in [2.75, 3.05) is 30.3 Å². The minimum absolute atomic E-state index is 0.0308. The first-order valence-electron chi connectivity index (χ1n) is 15.4. The molecule has 0 bridgehead atoms. The first-order chi connectivity index (χ1) is 21.7. The number of halogens is 1. The lowest BCUT2D eigenvalue weighted by Crippen LogP contribution is -2.52. The van der Waals surface area contributed by atoms with Crippen LogP contribution in [0.1, 0.15) is 49.7 Å². The normalized spacial score (nSPS) is 15.3. The number of anilines is 1. The van der Waals surface area contributed by atoms with E-state index in [1.54, 1.807) is 29.2 Å². The average Bonchev–Trinajstić information content (AvgIpc) is 3.54. The van der Waals surface area contributed by atoms with Gasteiger partial charge in [-0.2, -0.15) is 0 Å². The topological polar surface area (TPSA) is 105 Å². The van der Waals surface area contributed by atoms with Gasteiger partial charge in [-0.15, -0.1) is 0 Å². The van der Waals surface area contributed by atoms with Crippen LogP contribution in [0.5, 0.6) is 11.5 Å². The monoisotopic (exact) mass is 653 g/mol. The van der Waals surface area contributed by atoms with Crippen molar-refractivity contribution in [1.82, 2.24) is 10.2 Å². The van der Waals surface area contributed by atoms with Gasteiger partial charge in [-0.25, -0.2) is 8.42 Å². The first-order valence-corrected chi connectivity index (χ1v) is 17.7. The molecule has 2 aliphatic rings. The van der Waals surface area contributed by atoms with E-state index in [4.69, 9.17) is 21.1 Å². The number of carbonyl (C=O) groups excluding carboxylic acids is 2. The van der Waals surface area contributed by atoms with Crippen molar-refractivity contribution in [1.29, 1.82) is 0 Å². The number of fused-ring (bicyclic) bond motifs is 1. The lowest BCUT2D eigenvalue weighted by atomic mass is 10.0. The zero-order valence-electron chi connectivity index (χ0n) is 25.5. The predicted molar refractivity (Wildman–Crippen MR) is 175 cm³/mol. The zero-order chi connectivity index (χ0) is 31.8. The molecule has 3 aromatic rings. The van der Waals surface area contributed by atoms with Crippen LogP contribution in [0.15, 0.2) is 72.8 Å². The second-order valence-electron chi connectivity index (χ2n) is 11.6. The maximum absolute atomic E-state index is 14.1. The number of carbonyl (C=O) groups is 2. The van der Waals surface area contributed by atoms with Crippen molar-refractivity contribution >= 4 is 39.1 Å². The van der Waals surface area contributed by atoms with Gasteiger partial charge < -0.3 is 19.7 Å². The number of sulfonamides is 1. The summed E-state index contributed by atoms with van der Waals surface area (Å²) in [6.45, 7) is 1.02. The van der Waals surface area contributed by atoms with Gasteiger partial charge in [-0.3, -0.25) is 13.9 Å². The number of nitrogens with one attached hydrogen (secondary N) is 1. The molecular formula is C34H40ClN3O6S. The van der Waals surface area contributed by atoms with Crippen molar-refractivity contribution in [3.63, 3.8) is 0 Å². The fourth-order valence-electron chi connectivity index (χ4n) is 5.92. The smallest absolute Gasteiger partial charge is 0.243 e. The summed E-state index contributed by atoms with van der Waals surface area (Å²) in [5, 5.41) is 3.71. The molecule has 1 aliphatic carbocycles. The van der Waals surface area contributed by atoms with E-state index in [9.17, 15) is 18.0 Å². The summed E-state index contributed by atoms with van der Waals surface area (Å²) in [6.07, 6.45) is 5.71. The van der Waals surface area contributed by atoms with Gasteiger partial charge in [0.1, 0.15) is 19.3 Å². The standard InChI is InChI=1S/C34H40ClN3O6S/c1-45(41,42)38(28-17-18-31-32(23-28)44-21-20-43-31)19-9-16-33(39)37(24-26-12-5-8-15-29(26)35)30(22-25-10-3-2-4-11-25)34(40)36-27-13-6-7-14-27/h2-5,8,10-12,15,17-18,23,27,30H,6-7,9,13-14,16,19-22,24H2,1H3,(H,36,40). The van der Waals surface area contributed by atoms with Gasteiger partial charge in [0.2, 0.25) is 21.8 Å². The molecule has 3 aromatic carbocycles. The summed E-state index contributed by atoms with van der Waals surface area (Å²) in [7, 11) is -3.67. The Morgan fingerprint density at radius 3 is 2.36 bits per heavy atom. The molecule has 240 valence electrons. The summed E-state index contributed by atoms with van der Waals surface area (Å²) in [5.41, 5.74) is 2.09. The molecule has 1 N–H and O–H groups in total. The van der Waals surface area contributed by atoms with Crippen LogP contribution in [0.3, 0.4) is 0 Å². The average molecular weight is 654 g/mol. The highest BCUT2D eigenvalue weighted by Gasteiger charge is 2.32. The Bertz CT molecular complexity index is 1580. The second-order valence-corrected chi connectivity index (χ2v) is 13.9. The van der Waals surface area contributed by atoms with E-state index in [2.05, 4.69) is 5.32 Å². The molecule has 1 aliphatic heterocycles. The van der Waals surface area contributed by atoms with Crippen LogP contribution in [-0.4, -0.2) is 63.2 Å². The molecule has 5 rings (SSSR count). The van der Waals surface area contributed by atoms with E-state index in [0.29, 0.717) is 41.8 Å². The SMILES string of the molecule is CS(=O)(=O)N(CCCC(=O)N(Cc1ccccc1Cl)C(Cc1ccccc1)C(=O)NC1CCCC1)c1ccc2c(c1)OCCO2. The Hall–Kier alpha value is -3.76. The zero-order valence-corrected chi connectivity index (χ0v) is 27.1. The summed E-state index contributed by atoms with van der Waals surface area (Å²) < 4.78 is 38.2. The maximum atomic E-state index is 14.1. The first kappa shape index (κ1) is 32.6. The summed E-state index contributed by atoms with van der Waals surface area (Å²) in [5.74, 6) is 0.587. The fraction of sp³-hybridized carbons (Fsp3) is 0.412. The van der Waals surface area contributed by atoms with Crippen molar-refractivity contribution in [3.05, 3.63) is 88.9 Å². The molecule has 1 heterocycles. The van der Waals surface area contributed by atoms with E-state index in [-0.39, 0.29) is 43.8 Å². The number of benzene rings is 3. The molecule has 0 spiro atoms. The van der Waals surface area contributed by atoms with Crippen molar-refractivity contribution < 1.29 is 27.5 Å². The Balaban J connectivity index is 1.38. The molecule has 1 saturated carbocycles. The Labute approximate surface area is 270 Å². The van der Waals surface area contributed by atoms with Gasteiger partial charge in [0.15, 0.2) is 11.5 Å². The van der Waals surface area contributed by atoms with E-state index in [0.717, 1.165) is 43.1 Å². The highest BCUT2D eigenvalue weighted by molar-refractivity contribution is 7.92. The molecule has 1 atom stereocenters. The van der Waals surface area contributed by atoms with Gasteiger partial charge >= 0.3 is 0 Å². The van der Waals surface area contributed by atoms with E-state index in [1.807, 2.05) is 48.5 Å². The highest BCUT2D eigenvalue weighted by Crippen LogP contribution is 2.35.